The maximum atomic E-state index is 5.26. The van der Waals surface area contributed by atoms with E-state index >= 15 is 0 Å². The van der Waals surface area contributed by atoms with E-state index in [-0.39, 0.29) is 0 Å². The summed E-state index contributed by atoms with van der Waals surface area (Å²) in [6.45, 7) is 6.16. The number of benzene rings is 1. The molecular weight excluding hydrogens is 188 g/mol. The number of rotatable bonds is 4. The molecule has 2 heteroatoms. The maximum absolute atomic E-state index is 5.26. The summed E-state index contributed by atoms with van der Waals surface area (Å²) in [7, 11) is 3.35. The molecule has 0 bridgehead atoms. The van der Waals surface area contributed by atoms with Crippen LogP contribution in [0.25, 0.3) is 0 Å². The molecule has 1 aromatic rings. The molecule has 0 atom stereocenters. The number of ether oxygens (including phenoxy) is 2. The van der Waals surface area contributed by atoms with Gasteiger partial charge in [-0.15, -0.1) is 0 Å². The summed E-state index contributed by atoms with van der Waals surface area (Å²) in [6, 6.07) is 5.94. The fourth-order valence-corrected chi connectivity index (χ4v) is 1.33. The molecule has 15 heavy (non-hydrogen) atoms. The molecule has 2 nitrogen and oxygen atoms in total. The number of hydrogen-bond donors (Lipinski definition) is 0. The molecule has 0 radical (unpaired) electrons. The second-order valence-corrected chi connectivity index (χ2v) is 2.93. The predicted molar refractivity (Wildman–Crippen MR) is 64.9 cm³/mol. The van der Waals surface area contributed by atoms with Gasteiger partial charge in [0.1, 0.15) is 11.5 Å². The second-order valence-electron chi connectivity index (χ2n) is 2.93. The predicted octanol–water partition coefficient (Wildman–Crippen LogP) is 3.68. The van der Waals surface area contributed by atoms with Gasteiger partial charge in [-0.1, -0.05) is 33.3 Å². The average Bonchev–Trinajstić information content (AvgIpc) is 2.32. The summed E-state index contributed by atoms with van der Waals surface area (Å²) in [5.74, 6) is 1.76. The minimum Gasteiger partial charge on any atom is -0.497 e. The van der Waals surface area contributed by atoms with Gasteiger partial charge in [-0.25, -0.2) is 0 Å². The molecule has 0 amide bonds. The van der Waals surface area contributed by atoms with Crippen LogP contribution in [0.1, 0.15) is 32.8 Å². The van der Waals surface area contributed by atoms with E-state index in [0.717, 1.165) is 24.3 Å². The van der Waals surface area contributed by atoms with Crippen LogP contribution in [-0.4, -0.2) is 14.2 Å². The Morgan fingerprint density at radius 2 is 1.73 bits per heavy atom. The van der Waals surface area contributed by atoms with Crippen molar-refractivity contribution >= 4 is 0 Å². The van der Waals surface area contributed by atoms with E-state index in [9.17, 15) is 0 Å². The summed E-state index contributed by atoms with van der Waals surface area (Å²) in [4.78, 5) is 0. The van der Waals surface area contributed by atoms with Gasteiger partial charge >= 0.3 is 0 Å². The zero-order valence-electron chi connectivity index (χ0n) is 10.5. The van der Waals surface area contributed by atoms with Crippen molar-refractivity contribution in [2.75, 3.05) is 14.2 Å². The van der Waals surface area contributed by atoms with Crippen LogP contribution < -0.4 is 9.47 Å². The summed E-state index contributed by atoms with van der Waals surface area (Å²) in [6.07, 6.45) is 2.18. The Morgan fingerprint density at radius 1 is 1.07 bits per heavy atom. The first kappa shape index (κ1) is 13.8. The summed E-state index contributed by atoms with van der Waals surface area (Å²) in [5, 5.41) is 0. The van der Waals surface area contributed by atoms with Crippen LogP contribution in [0.2, 0.25) is 0 Å². The van der Waals surface area contributed by atoms with Crippen LogP contribution in [0.5, 0.6) is 11.5 Å². The molecule has 0 saturated heterocycles. The Morgan fingerprint density at radius 3 is 2.20 bits per heavy atom. The van der Waals surface area contributed by atoms with E-state index in [0.29, 0.717) is 0 Å². The molecule has 0 aliphatic heterocycles. The van der Waals surface area contributed by atoms with Crippen molar-refractivity contribution in [1.82, 2.24) is 0 Å². The first-order valence-electron chi connectivity index (χ1n) is 5.52. The molecule has 0 fully saturated rings. The van der Waals surface area contributed by atoms with E-state index in [1.807, 2.05) is 26.0 Å². The van der Waals surface area contributed by atoms with Crippen LogP contribution in [0, 0.1) is 0 Å². The quantitative estimate of drug-likeness (QED) is 0.754. The van der Waals surface area contributed by atoms with Crippen molar-refractivity contribution in [1.29, 1.82) is 0 Å². The first-order valence-corrected chi connectivity index (χ1v) is 5.52. The third kappa shape index (κ3) is 4.24. The highest BCUT2D eigenvalue weighted by atomic mass is 16.5. The summed E-state index contributed by atoms with van der Waals surface area (Å²) in [5.41, 5.74) is 1.24. The van der Waals surface area contributed by atoms with Gasteiger partial charge in [-0.2, -0.15) is 0 Å². The number of aryl methyl sites for hydroxylation is 1. The number of hydrogen-bond acceptors (Lipinski definition) is 2. The van der Waals surface area contributed by atoms with Gasteiger partial charge in [0.25, 0.3) is 0 Å². The number of methoxy groups -OCH3 is 2. The Balaban J connectivity index is 0.000000921. The van der Waals surface area contributed by atoms with Gasteiger partial charge in [0.05, 0.1) is 14.2 Å². The van der Waals surface area contributed by atoms with Gasteiger partial charge in [0.15, 0.2) is 0 Å². The fourth-order valence-electron chi connectivity index (χ4n) is 1.33. The zero-order chi connectivity index (χ0) is 11.7. The Bertz CT molecular complexity index is 269. The summed E-state index contributed by atoms with van der Waals surface area (Å²) < 4.78 is 10.4. The van der Waals surface area contributed by atoms with Crippen molar-refractivity contribution in [3.8, 4) is 11.5 Å². The Hall–Kier alpha value is -1.18. The van der Waals surface area contributed by atoms with Crippen molar-refractivity contribution in [3.05, 3.63) is 23.8 Å². The topological polar surface area (TPSA) is 18.5 Å². The SMILES string of the molecule is CC.CCCc1ccc(OC)cc1OC. The lowest BCUT2D eigenvalue weighted by Gasteiger charge is -2.08. The minimum atomic E-state index is 0.844. The minimum absolute atomic E-state index is 0.844. The van der Waals surface area contributed by atoms with E-state index in [2.05, 4.69) is 13.0 Å². The van der Waals surface area contributed by atoms with Gasteiger partial charge in [-0.3, -0.25) is 0 Å². The molecule has 0 aliphatic rings. The van der Waals surface area contributed by atoms with Gasteiger partial charge < -0.3 is 9.47 Å². The largest absolute Gasteiger partial charge is 0.497 e. The molecular formula is C13H22O2. The standard InChI is InChI=1S/C11H16O2.C2H6/c1-4-5-9-6-7-10(12-2)8-11(9)13-3;1-2/h6-8H,4-5H2,1-3H3;1-2H3. The van der Waals surface area contributed by atoms with Gasteiger partial charge in [0.2, 0.25) is 0 Å². The summed E-state index contributed by atoms with van der Waals surface area (Å²) >= 11 is 0. The normalized spacial score (nSPS) is 8.87. The van der Waals surface area contributed by atoms with Crippen LogP contribution in [0.3, 0.4) is 0 Å². The van der Waals surface area contributed by atoms with Crippen molar-refractivity contribution in [2.45, 2.75) is 33.6 Å². The van der Waals surface area contributed by atoms with Crippen LogP contribution >= 0.6 is 0 Å². The van der Waals surface area contributed by atoms with Crippen molar-refractivity contribution in [2.24, 2.45) is 0 Å². The lowest BCUT2D eigenvalue weighted by molar-refractivity contribution is 0.391. The third-order valence-electron chi connectivity index (χ3n) is 2.01. The molecule has 1 aromatic carbocycles. The molecule has 86 valence electrons. The van der Waals surface area contributed by atoms with Crippen molar-refractivity contribution in [3.63, 3.8) is 0 Å². The molecule has 0 aliphatic carbocycles. The molecule has 1 rings (SSSR count). The fraction of sp³-hybridized carbons (Fsp3) is 0.538. The van der Waals surface area contributed by atoms with E-state index in [1.54, 1.807) is 14.2 Å². The lowest BCUT2D eigenvalue weighted by atomic mass is 10.1. The molecule has 0 spiro atoms. The van der Waals surface area contributed by atoms with Crippen LogP contribution in [-0.2, 0) is 6.42 Å². The van der Waals surface area contributed by atoms with E-state index in [1.165, 1.54) is 5.56 Å². The highest BCUT2D eigenvalue weighted by Crippen LogP contribution is 2.25. The molecule has 0 aromatic heterocycles. The van der Waals surface area contributed by atoms with Crippen LogP contribution in [0.15, 0.2) is 18.2 Å². The monoisotopic (exact) mass is 210 g/mol. The Labute approximate surface area is 93.2 Å². The average molecular weight is 210 g/mol. The maximum Gasteiger partial charge on any atom is 0.125 e. The van der Waals surface area contributed by atoms with E-state index < -0.39 is 0 Å². The third-order valence-corrected chi connectivity index (χ3v) is 2.01. The first-order chi connectivity index (χ1) is 7.31. The highest BCUT2D eigenvalue weighted by molar-refractivity contribution is 5.40. The van der Waals surface area contributed by atoms with Crippen molar-refractivity contribution < 1.29 is 9.47 Å². The molecule has 0 heterocycles. The smallest absolute Gasteiger partial charge is 0.125 e. The second kappa shape index (κ2) is 8.16. The molecule has 0 saturated carbocycles. The zero-order valence-corrected chi connectivity index (χ0v) is 10.5. The Kier molecular flexibility index (Phi) is 7.51. The highest BCUT2D eigenvalue weighted by Gasteiger charge is 2.02. The lowest BCUT2D eigenvalue weighted by Crippen LogP contribution is -1.92. The molecule has 0 unspecified atom stereocenters. The molecule has 0 N–H and O–H groups in total. The van der Waals surface area contributed by atoms with Gasteiger partial charge in [-0.05, 0) is 18.1 Å². The van der Waals surface area contributed by atoms with Crippen LogP contribution in [0.4, 0.5) is 0 Å². The van der Waals surface area contributed by atoms with E-state index in [4.69, 9.17) is 9.47 Å². The van der Waals surface area contributed by atoms with Gasteiger partial charge in [0, 0.05) is 6.07 Å².